The lowest BCUT2D eigenvalue weighted by Gasteiger charge is -2.08. The molecule has 0 aliphatic rings. The molecule has 0 saturated heterocycles. The van der Waals surface area contributed by atoms with E-state index in [1.165, 1.54) is 30.6 Å². The normalized spacial score (nSPS) is 11.4. The first kappa shape index (κ1) is 16.3. The zero-order valence-corrected chi connectivity index (χ0v) is 12.8. The summed E-state index contributed by atoms with van der Waals surface area (Å²) in [5.41, 5.74) is 1.36. The molecule has 22 heavy (non-hydrogen) atoms. The van der Waals surface area contributed by atoms with E-state index in [1.807, 2.05) is 0 Å². The first-order valence-electron chi connectivity index (χ1n) is 6.58. The Labute approximate surface area is 128 Å². The van der Waals surface area contributed by atoms with Crippen LogP contribution in [-0.4, -0.2) is 30.7 Å². The van der Waals surface area contributed by atoms with Gasteiger partial charge in [0.2, 0.25) is 10.0 Å². The number of nitrogens with zero attached hydrogens (tertiary/aromatic N) is 2. The number of hydrogen-bond acceptors (Lipinski definition) is 5. The van der Waals surface area contributed by atoms with Crippen LogP contribution in [0.3, 0.4) is 0 Å². The highest BCUT2D eigenvalue weighted by molar-refractivity contribution is 7.89. The molecule has 1 aromatic heterocycles. The largest absolute Gasteiger partial charge is 0.492 e. The standard InChI is InChI=1S/C14H16FN3O3S/c1-11-8-13(17-10-16-11)9-18-22(19,20)7-6-21-14-4-2-12(15)3-5-14/h2-5,8,10,18H,6-7,9H2,1H3. The van der Waals surface area contributed by atoms with Crippen molar-refractivity contribution >= 4 is 10.0 Å². The Kier molecular flexibility index (Phi) is 5.40. The zero-order valence-electron chi connectivity index (χ0n) is 12.0. The van der Waals surface area contributed by atoms with Crippen molar-refractivity contribution in [3.63, 3.8) is 0 Å². The fourth-order valence-electron chi connectivity index (χ4n) is 1.66. The van der Waals surface area contributed by atoms with E-state index in [0.29, 0.717) is 11.4 Å². The van der Waals surface area contributed by atoms with Crippen LogP contribution in [0.25, 0.3) is 0 Å². The number of sulfonamides is 1. The maximum Gasteiger partial charge on any atom is 0.215 e. The lowest BCUT2D eigenvalue weighted by atomic mass is 10.3. The van der Waals surface area contributed by atoms with Gasteiger partial charge in [0.15, 0.2) is 0 Å². The van der Waals surface area contributed by atoms with Gasteiger partial charge in [0.1, 0.15) is 24.5 Å². The summed E-state index contributed by atoms with van der Waals surface area (Å²) in [7, 11) is -3.48. The van der Waals surface area contributed by atoms with Crippen molar-refractivity contribution < 1.29 is 17.5 Å². The third-order valence-electron chi connectivity index (χ3n) is 2.77. The molecule has 2 rings (SSSR count). The molecule has 0 saturated carbocycles. The van der Waals surface area contributed by atoms with Crippen LogP contribution in [0.15, 0.2) is 36.7 Å². The molecular formula is C14H16FN3O3S. The molecule has 2 aromatic rings. The molecule has 0 aliphatic carbocycles. The highest BCUT2D eigenvalue weighted by Crippen LogP contribution is 2.10. The van der Waals surface area contributed by atoms with E-state index in [2.05, 4.69) is 14.7 Å². The monoisotopic (exact) mass is 325 g/mol. The van der Waals surface area contributed by atoms with Crippen LogP contribution in [0.1, 0.15) is 11.4 Å². The summed E-state index contributed by atoms with van der Waals surface area (Å²) in [6.07, 6.45) is 1.39. The Morgan fingerprint density at radius 3 is 2.64 bits per heavy atom. The van der Waals surface area contributed by atoms with Crippen LogP contribution >= 0.6 is 0 Å². The third-order valence-corrected chi connectivity index (χ3v) is 4.06. The third kappa shape index (κ3) is 5.38. The van der Waals surface area contributed by atoms with E-state index in [-0.39, 0.29) is 24.7 Å². The predicted molar refractivity (Wildman–Crippen MR) is 79.3 cm³/mol. The Morgan fingerprint density at radius 2 is 1.95 bits per heavy atom. The molecule has 0 fully saturated rings. The zero-order chi connectivity index (χ0) is 16.0. The predicted octanol–water partition coefficient (Wildman–Crippen LogP) is 1.42. The van der Waals surface area contributed by atoms with Crippen molar-refractivity contribution in [2.75, 3.05) is 12.4 Å². The van der Waals surface area contributed by atoms with Gasteiger partial charge < -0.3 is 4.74 Å². The summed E-state index contributed by atoms with van der Waals surface area (Å²) in [6.45, 7) is 1.88. The van der Waals surface area contributed by atoms with Gasteiger partial charge in [-0.25, -0.2) is 27.5 Å². The number of rotatable bonds is 7. The molecule has 0 radical (unpaired) electrons. The molecule has 0 bridgehead atoms. The van der Waals surface area contributed by atoms with Gasteiger partial charge in [-0.05, 0) is 37.3 Å². The van der Waals surface area contributed by atoms with Crippen LogP contribution in [0, 0.1) is 12.7 Å². The van der Waals surface area contributed by atoms with Crippen molar-refractivity contribution in [2.45, 2.75) is 13.5 Å². The second kappa shape index (κ2) is 7.28. The number of ether oxygens (including phenoxy) is 1. The highest BCUT2D eigenvalue weighted by Gasteiger charge is 2.11. The molecule has 0 spiro atoms. The number of aromatic nitrogens is 2. The summed E-state index contributed by atoms with van der Waals surface area (Å²) >= 11 is 0. The fraction of sp³-hybridized carbons (Fsp3) is 0.286. The average Bonchev–Trinajstić information content (AvgIpc) is 2.47. The maximum atomic E-state index is 12.7. The van der Waals surface area contributed by atoms with Gasteiger partial charge in [-0.3, -0.25) is 0 Å². The number of halogens is 1. The van der Waals surface area contributed by atoms with E-state index >= 15 is 0 Å². The van der Waals surface area contributed by atoms with Gasteiger partial charge >= 0.3 is 0 Å². The minimum atomic E-state index is -3.48. The van der Waals surface area contributed by atoms with Gasteiger partial charge in [0.05, 0.1) is 18.0 Å². The Hall–Kier alpha value is -2.06. The first-order valence-corrected chi connectivity index (χ1v) is 8.23. The quantitative estimate of drug-likeness (QED) is 0.833. The molecule has 1 heterocycles. The first-order chi connectivity index (χ1) is 10.4. The van der Waals surface area contributed by atoms with Crippen LogP contribution in [-0.2, 0) is 16.6 Å². The summed E-state index contributed by atoms with van der Waals surface area (Å²) in [5, 5.41) is 0. The summed E-state index contributed by atoms with van der Waals surface area (Å²) in [5.74, 6) is -0.154. The molecule has 0 unspecified atom stereocenters. The minimum absolute atomic E-state index is 0.0240. The number of aryl methyl sites for hydroxylation is 1. The molecule has 0 aliphatic heterocycles. The van der Waals surface area contributed by atoms with Crippen molar-refractivity contribution in [3.8, 4) is 5.75 Å². The molecule has 1 N–H and O–H groups in total. The average molecular weight is 325 g/mol. The van der Waals surface area contributed by atoms with Gasteiger partial charge in [0, 0.05) is 5.69 Å². The number of benzene rings is 1. The minimum Gasteiger partial charge on any atom is -0.492 e. The molecule has 6 nitrogen and oxygen atoms in total. The second-order valence-corrected chi connectivity index (χ2v) is 6.52. The summed E-state index contributed by atoms with van der Waals surface area (Å²) in [4.78, 5) is 7.91. The summed E-state index contributed by atoms with van der Waals surface area (Å²) < 4.78 is 44.1. The van der Waals surface area contributed by atoms with E-state index < -0.39 is 10.0 Å². The molecule has 8 heteroatoms. The second-order valence-electron chi connectivity index (χ2n) is 4.59. The smallest absolute Gasteiger partial charge is 0.215 e. The Bertz CT molecular complexity index is 720. The van der Waals surface area contributed by atoms with Gasteiger partial charge in [-0.2, -0.15) is 0 Å². The van der Waals surface area contributed by atoms with Crippen LogP contribution in [0.2, 0.25) is 0 Å². The van der Waals surface area contributed by atoms with Crippen molar-refractivity contribution in [1.29, 1.82) is 0 Å². The van der Waals surface area contributed by atoms with E-state index in [0.717, 1.165) is 5.69 Å². The van der Waals surface area contributed by atoms with Crippen molar-refractivity contribution in [3.05, 3.63) is 53.9 Å². The highest BCUT2D eigenvalue weighted by atomic mass is 32.2. The molecule has 0 atom stereocenters. The number of hydrogen-bond donors (Lipinski definition) is 1. The molecule has 1 aromatic carbocycles. The van der Waals surface area contributed by atoms with Crippen LogP contribution < -0.4 is 9.46 Å². The van der Waals surface area contributed by atoms with Gasteiger partial charge in [0.25, 0.3) is 0 Å². The van der Waals surface area contributed by atoms with Gasteiger partial charge in [-0.15, -0.1) is 0 Å². The molecule has 0 amide bonds. The Morgan fingerprint density at radius 1 is 1.23 bits per heavy atom. The van der Waals surface area contributed by atoms with Crippen LogP contribution in [0.4, 0.5) is 4.39 Å². The topological polar surface area (TPSA) is 81.2 Å². The van der Waals surface area contributed by atoms with E-state index in [4.69, 9.17) is 4.74 Å². The lowest BCUT2D eigenvalue weighted by molar-refractivity contribution is 0.339. The maximum absolute atomic E-state index is 12.7. The molecule has 118 valence electrons. The molecular weight excluding hydrogens is 309 g/mol. The Balaban J connectivity index is 1.80. The van der Waals surface area contributed by atoms with E-state index in [1.54, 1.807) is 13.0 Å². The van der Waals surface area contributed by atoms with Crippen LogP contribution in [0.5, 0.6) is 5.75 Å². The summed E-state index contributed by atoms with van der Waals surface area (Å²) in [6, 6.07) is 7.09. The fourth-order valence-corrected chi connectivity index (χ4v) is 2.48. The van der Waals surface area contributed by atoms with Crippen molar-refractivity contribution in [2.24, 2.45) is 0 Å². The van der Waals surface area contributed by atoms with Gasteiger partial charge in [-0.1, -0.05) is 0 Å². The number of nitrogens with one attached hydrogen (secondary N) is 1. The SMILES string of the molecule is Cc1cc(CNS(=O)(=O)CCOc2ccc(F)cc2)ncn1. The lowest BCUT2D eigenvalue weighted by Crippen LogP contribution is -2.29. The van der Waals surface area contributed by atoms with Crippen molar-refractivity contribution in [1.82, 2.24) is 14.7 Å². The van der Waals surface area contributed by atoms with E-state index in [9.17, 15) is 12.8 Å².